The summed E-state index contributed by atoms with van der Waals surface area (Å²) in [5, 5.41) is 0.503. The third kappa shape index (κ3) is 2.53. The fourth-order valence-corrected chi connectivity index (χ4v) is 2.43. The van der Waals surface area contributed by atoms with Crippen molar-refractivity contribution in [1.29, 1.82) is 0 Å². The second-order valence-electron chi connectivity index (χ2n) is 4.69. The Labute approximate surface area is 132 Å². The van der Waals surface area contributed by atoms with E-state index in [0.29, 0.717) is 27.8 Å². The summed E-state index contributed by atoms with van der Waals surface area (Å²) in [6.45, 7) is 0. The van der Waals surface area contributed by atoms with Crippen LogP contribution in [0.1, 0.15) is 15.9 Å². The van der Waals surface area contributed by atoms with E-state index in [1.54, 1.807) is 50.6 Å². The van der Waals surface area contributed by atoms with Gasteiger partial charge in [0.1, 0.15) is 5.75 Å². The van der Waals surface area contributed by atoms with Crippen molar-refractivity contribution in [3.63, 3.8) is 0 Å². The molecule has 5 heteroatoms. The SMILES string of the molecule is COc1ccc(C=C2Oc3ccc(Cl)cc3C2=O)cc1OC. The van der Waals surface area contributed by atoms with E-state index in [0.717, 1.165) is 5.56 Å². The Morgan fingerprint density at radius 1 is 1.05 bits per heavy atom. The van der Waals surface area contributed by atoms with Crippen LogP contribution in [0.4, 0.5) is 0 Å². The highest BCUT2D eigenvalue weighted by Gasteiger charge is 2.27. The Kier molecular flexibility index (Phi) is 3.77. The third-order valence-corrected chi connectivity index (χ3v) is 3.57. The van der Waals surface area contributed by atoms with Crippen LogP contribution in [0.25, 0.3) is 6.08 Å². The van der Waals surface area contributed by atoms with Gasteiger partial charge >= 0.3 is 0 Å². The van der Waals surface area contributed by atoms with Crippen molar-refractivity contribution in [3.8, 4) is 17.2 Å². The second-order valence-corrected chi connectivity index (χ2v) is 5.13. The molecule has 2 aromatic rings. The van der Waals surface area contributed by atoms with Gasteiger partial charge in [0, 0.05) is 5.02 Å². The van der Waals surface area contributed by atoms with Gasteiger partial charge in [-0.05, 0) is 42.0 Å². The van der Waals surface area contributed by atoms with Crippen LogP contribution >= 0.6 is 11.6 Å². The molecule has 0 atom stereocenters. The number of carbonyl (C=O) groups is 1. The number of methoxy groups -OCH3 is 2. The fraction of sp³-hybridized carbons (Fsp3) is 0.118. The minimum absolute atomic E-state index is 0.188. The van der Waals surface area contributed by atoms with E-state index in [1.807, 2.05) is 6.07 Å². The lowest BCUT2D eigenvalue weighted by molar-refractivity contribution is 0.101. The van der Waals surface area contributed by atoms with Crippen LogP contribution in [0, 0.1) is 0 Å². The maximum Gasteiger partial charge on any atom is 0.232 e. The van der Waals surface area contributed by atoms with Crippen LogP contribution in [0.5, 0.6) is 17.2 Å². The molecule has 22 heavy (non-hydrogen) atoms. The molecule has 0 aliphatic carbocycles. The molecule has 1 aliphatic heterocycles. The molecule has 0 aromatic heterocycles. The van der Waals surface area contributed by atoms with Crippen LogP contribution in [0.3, 0.4) is 0 Å². The third-order valence-electron chi connectivity index (χ3n) is 3.34. The van der Waals surface area contributed by atoms with Crippen molar-refractivity contribution in [1.82, 2.24) is 0 Å². The Hall–Kier alpha value is -2.46. The van der Waals surface area contributed by atoms with Gasteiger partial charge in [0.25, 0.3) is 0 Å². The summed E-state index contributed by atoms with van der Waals surface area (Å²) < 4.78 is 16.0. The number of allylic oxidation sites excluding steroid dienone is 1. The number of carbonyl (C=O) groups excluding carboxylic acids is 1. The smallest absolute Gasteiger partial charge is 0.232 e. The molecule has 0 amide bonds. The molecule has 0 unspecified atom stereocenters. The number of Topliss-reactive ketones (excluding diaryl/α,β-unsaturated/α-hetero) is 1. The molecule has 0 bridgehead atoms. The first-order chi connectivity index (χ1) is 10.6. The Morgan fingerprint density at radius 3 is 2.55 bits per heavy atom. The molecule has 1 aliphatic rings. The quantitative estimate of drug-likeness (QED) is 0.804. The summed E-state index contributed by atoms with van der Waals surface area (Å²) in [5.74, 6) is 1.79. The van der Waals surface area contributed by atoms with Crippen LogP contribution in [-0.2, 0) is 0 Å². The monoisotopic (exact) mass is 316 g/mol. The average molecular weight is 317 g/mol. The minimum atomic E-state index is -0.188. The molecular weight excluding hydrogens is 304 g/mol. The van der Waals surface area contributed by atoms with Gasteiger partial charge in [-0.25, -0.2) is 0 Å². The zero-order chi connectivity index (χ0) is 15.7. The number of hydrogen-bond donors (Lipinski definition) is 0. The first-order valence-corrected chi connectivity index (χ1v) is 6.96. The lowest BCUT2D eigenvalue weighted by Crippen LogP contribution is -1.98. The van der Waals surface area contributed by atoms with Crippen molar-refractivity contribution >= 4 is 23.5 Å². The van der Waals surface area contributed by atoms with Gasteiger partial charge in [0.2, 0.25) is 5.78 Å². The van der Waals surface area contributed by atoms with E-state index in [2.05, 4.69) is 0 Å². The largest absolute Gasteiger partial charge is 0.493 e. The van der Waals surface area contributed by atoms with Gasteiger partial charge in [-0.2, -0.15) is 0 Å². The van der Waals surface area contributed by atoms with Crippen LogP contribution < -0.4 is 14.2 Å². The van der Waals surface area contributed by atoms with E-state index >= 15 is 0 Å². The maximum absolute atomic E-state index is 12.3. The Morgan fingerprint density at radius 2 is 1.82 bits per heavy atom. The van der Waals surface area contributed by atoms with Crippen molar-refractivity contribution in [2.45, 2.75) is 0 Å². The summed E-state index contributed by atoms with van der Waals surface area (Å²) in [5.41, 5.74) is 1.25. The number of ether oxygens (including phenoxy) is 3. The zero-order valence-corrected chi connectivity index (χ0v) is 12.8. The molecule has 0 saturated heterocycles. The van der Waals surface area contributed by atoms with E-state index in [1.165, 1.54) is 0 Å². The predicted octanol–water partition coefficient (Wildman–Crippen LogP) is 3.97. The number of fused-ring (bicyclic) bond motifs is 1. The van der Waals surface area contributed by atoms with E-state index in [4.69, 9.17) is 25.8 Å². The number of rotatable bonds is 3. The van der Waals surface area contributed by atoms with Crippen LogP contribution in [0.15, 0.2) is 42.2 Å². The number of halogens is 1. The van der Waals surface area contributed by atoms with Crippen LogP contribution in [-0.4, -0.2) is 20.0 Å². The summed E-state index contributed by atoms with van der Waals surface area (Å²) in [7, 11) is 3.13. The molecule has 0 saturated carbocycles. The number of ketones is 1. The highest BCUT2D eigenvalue weighted by Crippen LogP contribution is 2.34. The first kappa shape index (κ1) is 14.5. The van der Waals surface area contributed by atoms with Crippen molar-refractivity contribution < 1.29 is 19.0 Å². The molecule has 112 valence electrons. The van der Waals surface area contributed by atoms with Crippen molar-refractivity contribution in [2.75, 3.05) is 14.2 Å². The van der Waals surface area contributed by atoms with Gasteiger partial charge in [-0.15, -0.1) is 0 Å². The fourth-order valence-electron chi connectivity index (χ4n) is 2.26. The van der Waals surface area contributed by atoms with Crippen molar-refractivity contribution in [3.05, 3.63) is 58.3 Å². The van der Waals surface area contributed by atoms with Gasteiger partial charge in [0.05, 0.1) is 19.8 Å². The molecule has 2 aromatic carbocycles. The lowest BCUT2D eigenvalue weighted by atomic mass is 10.1. The summed E-state index contributed by atoms with van der Waals surface area (Å²) in [6.07, 6.45) is 1.66. The van der Waals surface area contributed by atoms with E-state index < -0.39 is 0 Å². The minimum Gasteiger partial charge on any atom is -0.493 e. The lowest BCUT2D eigenvalue weighted by Gasteiger charge is -2.08. The van der Waals surface area contributed by atoms with Gasteiger partial charge in [-0.3, -0.25) is 4.79 Å². The Balaban J connectivity index is 1.96. The number of hydrogen-bond acceptors (Lipinski definition) is 4. The van der Waals surface area contributed by atoms with Crippen molar-refractivity contribution in [2.24, 2.45) is 0 Å². The second kappa shape index (κ2) is 5.73. The maximum atomic E-state index is 12.3. The highest BCUT2D eigenvalue weighted by atomic mass is 35.5. The highest BCUT2D eigenvalue weighted by molar-refractivity contribution is 6.31. The Bertz CT molecular complexity index is 780. The first-order valence-electron chi connectivity index (χ1n) is 6.58. The number of benzene rings is 2. The van der Waals surface area contributed by atoms with E-state index in [-0.39, 0.29) is 11.5 Å². The molecule has 3 rings (SSSR count). The van der Waals surface area contributed by atoms with Gasteiger partial charge in [-0.1, -0.05) is 17.7 Å². The molecule has 0 N–H and O–H groups in total. The normalized spacial score (nSPS) is 14.7. The zero-order valence-electron chi connectivity index (χ0n) is 12.1. The molecule has 0 radical (unpaired) electrons. The molecular formula is C17H13ClO4. The summed E-state index contributed by atoms with van der Waals surface area (Å²) in [4.78, 5) is 12.3. The topological polar surface area (TPSA) is 44.8 Å². The average Bonchev–Trinajstić information content (AvgIpc) is 2.83. The predicted molar refractivity (Wildman–Crippen MR) is 83.9 cm³/mol. The van der Waals surface area contributed by atoms with Gasteiger partial charge < -0.3 is 14.2 Å². The van der Waals surface area contributed by atoms with Gasteiger partial charge in [0.15, 0.2) is 17.3 Å². The van der Waals surface area contributed by atoms with E-state index in [9.17, 15) is 4.79 Å². The van der Waals surface area contributed by atoms with Crippen LogP contribution in [0.2, 0.25) is 5.02 Å². The summed E-state index contributed by atoms with van der Waals surface area (Å²) in [6, 6.07) is 10.3. The molecule has 0 fully saturated rings. The molecule has 4 nitrogen and oxygen atoms in total. The molecule has 0 spiro atoms. The standard InChI is InChI=1S/C17H13ClO4/c1-20-14-5-3-10(7-15(14)21-2)8-16-17(19)12-9-11(18)4-6-13(12)22-16/h3-9H,1-2H3. The summed E-state index contributed by atoms with van der Waals surface area (Å²) >= 11 is 5.91. The molecule has 1 heterocycles.